The Morgan fingerprint density at radius 1 is 1.73 bits per heavy atom. The van der Waals surface area contributed by atoms with Crippen molar-refractivity contribution in [2.75, 3.05) is 6.61 Å². The highest BCUT2D eigenvalue weighted by atomic mass is 16.6. The number of esters is 1. The van der Waals surface area contributed by atoms with E-state index < -0.39 is 22.5 Å². The molecule has 0 spiro atoms. The summed E-state index contributed by atoms with van der Waals surface area (Å²) < 4.78 is 4.59. The van der Waals surface area contributed by atoms with Crippen LogP contribution in [0.15, 0.2) is 12.3 Å². The van der Waals surface area contributed by atoms with Crippen LogP contribution >= 0.6 is 0 Å². The topological polar surface area (TPSA) is 103 Å². The van der Waals surface area contributed by atoms with Gasteiger partial charge in [-0.25, -0.2) is 4.79 Å². The van der Waals surface area contributed by atoms with E-state index in [0.717, 1.165) is 12.3 Å². The first kappa shape index (κ1) is 10.9. The molecule has 0 radical (unpaired) electrons. The number of hydrogen-bond acceptors (Lipinski definition) is 6. The quantitative estimate of drug-likeness (QED) is 0.453. The Bertz CT molecular complexity index is 404. The molecule has 0 amide bonds. The Kier molecular flexibility index (Phi) is 3.17. The first-order chi connectivity index (χ1) is 7.06. The van der Waals surface area contributed by atoms with Crippen LogP contribution in [0.2, 0.25) is 0 Å². The van der Waals surface area contributed by atoms with Crippen LogP contribution in [0.5, 0.6) is 5.75 Å². The molecule has 0 bridgehead atoms. The van der Waals surface area contributed by atoms with Gasteiger partial charge >= 0.3 is 11.8 Å². The molecule has 1 N–H and O–H groups in total. The summed E-state index contributed by atoms with van der Waals surface area (Å²) in [6, 6.07) is 0.868. The molecule has 1 aromatic rings. The summed E-state index contributed by atoms with van der Waals surface area (Å²) in [5.41, 5.74) is -0.265. The fourth-order valence-corrected chi connectivity index (χ4v) is 0.909. The van der Waals surface area contributed by atoms with Crippen LogP contribution in [-0.4, -0.2) is 27.6 Å². The van der Waals surface area contributed by atoms with Gasteiger partial charge in [-0.05, 0) is 16.8 Å². The Hall–Kier alpha value is -2.18. The zero-order chi connectivity index (χ0) is 11.4. The van der Waals surface area contributed by atoms with Crippen LogP contribution in [0.1, 0.15) is 17.3 Å². The normalized spacial score (nSPS) is 9.67. The van der Waals surface area contributed by atoms with E-state index in [9.17, 15) is 20.0 Å². The molecule has 0 aliphatic carbocycles. The third kappa shape index (κ3) is 2.39. The zero-order valence-electron chi connectivity index (χ0n) is 7.84. The summed E-state index contributed by atoms with van der Waals surface area (Å²) in [5.74, 6) is -1.78. The second-order valence-electron chi connectivity index (χ2n) is 2.54. The van der Waals surface area contributed by atoms with Gasteiger partial charge in [0.2, 0.25) is 0 Å². The van der Waals surface area contributed by atoms with Gasteiger partial charge in [-0.2, -0.15) is 0 Å². The highest BCUT2D eigenvalue weighted by Gasteiger charge is 2.19. The van der Waals surface area contributed by atoms with Gasteiger partial charge in [-0.3, -0.25) is 0 Å². The molecule has 0 aliphatic rings. The molecule has 0 saturated heterocycles. The predicted molar refractivity (Wildman–Crippen MR) is 48.5 cm³/mol. The van der Waals surface area contributed by atoms with Crippen LogP contribution in [0.25, 0.3) is 0 Å². The lowest BCUT2D eigenvalue weighted by Crippen LogP contribution is -2.06. The van der Waals surface area contributed by atoms with Crippen molar-refractivity contribution in [2.45, 2.75) is 6.92 Å². The van der Waals surface area contributed by atoms with Crippen LogP contribution in [0.4, 0.5) is 5.82 Å². The summed E-state index contributed by atoms with van der Waals surface area (Å²) in [6.07, 6.45) is 0.838. The fraction of sp³-hybridized carbons (Fsp3) is 0.250. The number of pyridine rings is 1. The van der Waals surface area contributed by atoms with Gasteiger partial charge in [0.25, 0.3) is 0 Å². The molecule has 0 aromatic carbocycles. The number of carbonyl (C=O) groups is 1. The first-order valence-corrected chi connectivity index (χ1v) is 4.06. The van der Waals surface area contributed by atoms with Crippen molar-refractivity contribution in [1.29, 1.82) is 0 Å². The molecule has 7 heteroatoms. The zero-order valence-corrected chi connectivity index (χ0v) is 7.84. The minimum atomic E-state index is -0.819. The summed E-state index contributed by atoms with van der Waals surface area (Å²) >= 11 is 0. The number of aromatic hydroxyl groups is 1. The summed E-state index contributed by atoms with van der Waals surface area (Å²) in [6.45, 7) is 1.71. The van der Waals surface area contributed by atoms with Crippen LogP contribution in [0, 0.1) is 10.1 Å². The second kappa shape index (κ2) is 4.36. The van der Waals surface area contributed by atoms with E-state index in [0.29, 0.717) is 0 Å². The van der Waals surface area contributed by atoms with Crippen molar-refractivity contribution in [3.8, 4) is 5.75 Å². The van der Waals surface area contributed by atoms with Crippen molar-refractivity contribution in [1.82, 2.24) is 4.98 Å². The highest BCUT2D eigenvalue weighted by molar-refractivity contribution is 5.92. The second-order valence-corrected chi connectivity index (χ2v) is 2.54. The highest BCUT2D eigenvalue weighted by Crippen LogP contribution is 2.20. The maximum Gasteiger partial charge on any atom is 0.364 e. The molecule has 1 heterocycles. The van der Waals surface area contributed by atoms with E-state index >= 15 is 0 Å². The molecule has 7 nitrogen and oxygen atoms in total. The van der Waals surface area contributed by atoms with Crippen molar-refractivity contribution >= 4 is 11.8 Å². The minimum absolute atomic E-state index is 0.119. The van der Waals surface area contributed by atoms with E-state index in [2.05, 4.69) is 9.72 Å². The van der Waals surface area contributed by atoms with E-state index in [1.165, 1.54) is 0 Å². The van der Waals surface area contributed by atoms with Gasteiger partial charge in [0.15, 0.2) is 11.9 Å². The predicted octanol–water partition coefficient (Wildman–Crippen LogP) is 0.872. The number of ether oxygens (including phenoxy) is 1. The molecular formula is C8H8N2O5. The van der Waals surface area contributed by atoms with Crippen molar-refractivity contribution < 1.29 is 19.6 Å². The maximum absolute atomic E-state index is 11.2. The van der Waals surface area contributed by atoms with E-state index in [1.54, 1.807) is 6.92 Å². The molecule has 80 valence electrons. The van der Waals surface area contributed by atoms with Gasteiger partial charge in [-0.1, -0.05) is 0 Å². The number of nitro groups is 1. The smallest absolute Gasteiger partial charge is 0.364 e. The summed E-state index contributed by atoms with van der Waals surface area (Å²) in [5, 5.41) is 19.6. The Morgan fingerprint density at radius 3 is 2.93 bits per heavy atom. The maximum atomic E-state index is 11.2. The number of nitrogens with zero attached hydrogens (tertiary/aromatic N) is 2. The van der Waals surface area contributed by atoms with Crippen LogP contribution in [0.3, 0.4) is 0 Å². The van der Waals surface area contributed by atoms with Gasteiger partial charge in [0, 0.05) is 0 Å². The molecule has 15 heavy (non-hydrogen) atoms. The molecule has 1 aromatic heterocycles. The molecule has 0 fully saturated rings. The Labute approximate surface area is 84.5 Å². The number of aromatic nitrogens is 1. The Balaban J connectivity index is 3.10. The molecule has 1 rings (SSSR count). The van der Waals surface area contributed by atoms with E-state index in [4.69, 9.17) is 0 Å². The van der Waals surface area contributed by atoms with E-state index in [1.807, 2.05) is 0 Å². The third-order valence-electron chi connectivity index (χ3n) is 1.55. The van der Waals surface area contributed by atoms with Gasteiger partial charge in [0.05, 0.1) is 12.7 Å². The van der Waals surface area contributed by atoms with Gasteiger partial charge < -0.3 is 20.0 Å². The lowest BCUT2D eigenvalue weighted by atomic mass is 10.2. The average molecular weight is 212 g/mol. The molecular weight excluding hydrogens is 204 g/mol. The first-order valence-electron chi connectivity index (χ1n) is 4.06. The lowest BCUT2D eigenvalue weighted by molar-refractivity contribution is -0.389. The SMILES string of the molecule is CCOC(=O)c1cc([N+](=O)[O-])ncc1O. The number of rotatable bonds is 3. The largest absolute Gasteiger partial charge is 0.504 e. The standard InChI is InChI=1S/C8H8N2O5/c1-2-15-8(12)5-3-7(10(13)14)9-4-6(5)11/h3-4,11H,2H2,1H3. The fourth-order valence-electron chi connectivity index (χ4n) is 0.909. The number of hydrogen-bond donors (Lipinski definition) is 1. The van der Waals surface area contributed by atoms with Crippen LogP contribution in [-0.2, 0) is 4.74 Å². The summed E-state index contributed by atoms with van der Waals surface area (Å²) in [4.78, 5) is 24.1. The lowest BCUT2D eigenvalue weighted by Gasteiger charge is -2.02. The summed E-state index contributed by atoms with van der Waals surface area (Å²) in [7, 11) is 0. The monoisotopic (exact) mass is 212 g/mol. The molecule has 0 unspecified atom stereocenters. The molecule has 0 aliphatic heterocycles. The van der Waals surface area contributed by atoms with Crippen molar-refractivity contribution in [3.05, 3.63) is 27.9 Å². The molecule has 0 saturated carbocycles. The average Bonchev–Trinajstić information content (AvgIpc) is 2.18. The van der Waals surface area contributed by atoms with E-state index in [-0.39, 0.29) is 12.2 Å². The number of carbonyl (C=O) groups excluding carboxylic acids is 1. The Morgan fingerprint density at radius 2 is 2.40 bits per heavy atom. The van der Waals surface area contributed by atoms with Gasteiger partial charge in [0.1, 0.15) is 5.56 Å². The third-order valence-corrected chi connectivity index (χ3v) is 1.55. The van der Waals surface area contributed by atoms with Gasteiger partial charge in [-0.15, -0.1) is 0 Å². The minimum Gasteiger partial charge on any atom is -0.504 e. The van der Waals surface area contributed by atoms with Crippen molar-refractivity contribution in [3.63, 3.8) is 0 Å². The van der Waals surface area contributed by atoms with Crippen molar-refractivity contribution in [2.24, 2.45) is 0 Å². The van der Waals surface area contributed by atoms with Crippen LogP contribution < -0.4 is 0 Å². The molecule has 0 atom stereocenters.